The van der Waals surface area contributed by atoms with Crippen molar-refractivity contribution in [1.82, 2.24) is 24.6 Å². The van der Waals surface area contributed by atoms with E-state index in [1.165, 1.54) is 0 Å². The zero-order valence-electron chi connectivity index (χ0n) is 12.3. The summed E-state index contributed by atoms with van der Waals surface area (Å²) >= 11 is 0. The number of fused-ring (bicyclic) bond motifs is 1. The van der Waals surface area contributed by atoms with Gasteiger partial charge in [-0.25, -0.2) is 4.98 Å². The van der Waals surface area contributed by atoms with Crippen LogP contribution >= 0.6 is 0 Å². The summed E-state index contributed by atoms with van der Waals surface area (Å²) in [4.78, 5) is 18.7. The number of carbonyl (C=O) groups excluding carboxylic acids is 1. The predicted molar refractivity (Wildman–Crippen MR) is 73.3 cm³/mol. The monoisotopic (exact) mass is 287 g/mol. The molecule has 1 aliphatic heterocycles. The van der Waals surface area contributed by atoms with Gasteiger partial charge in [-0.05, 0) is 26.7 Å². The van der Waals surface area contributed by atoms with Gasteiger partial charge < -0.3 is 9.32 Å². The first kappa shape index (κ1) is 12.6. The molecular weight excluding hydrogens is 270 g/mol. The lowest BCUT2D eigenvalue weighted by molar-refractivity contribution is -0.137. The molecule has 3 heterocycles. The Morgan fingerprint density at radius 2 is 2.00 bits per heavy atom. The highest BCUT2D eigenvalue weighted by atomic mass is 16.4. The van der Waals surface area contributed by atoms with Crippen molar-refractivity contribution in [2.45, 2.75) is 52.2 Å². The number of oxazole rings is 1. The number of hydrogen-bond acceptors (Lipinski definition) is 5. The SMILES string of the molecule is Cc1nc(C)c(-c2nnc3n2C(C)C(=O)N(C2CC2)C3)o1. The Morgan fingerprint density at radius 1 is 1.24 bits per heavy atom. The first-order valence-corrected chi connectivity index (χ1v) is 7.25. The van der Waals surface area contributed by atoms with E-state index in [1.807, 2.05) is 23.3 Å². The second kappa shape index (κ2) is 4.16. The van der Waals surface area contributed by atoms with E-state index in [2.05, 4.69) is 15.2 Å². The highest BCUT2D eigenvalue weighted by Gasteiger charge is 2.41. The van der Waals surface area contributed by atoms with Crippen LogP contribution in [-0.4, -0.2) is 36.6 Å². The molecule has 1 fully saturated rings. The fraction of sp³-hybridized carbons (Fsp3) is 0.571. The number of amides is 1. The fourth-order valence-corrected chi connectivity index (χ4v) is 3.01. The van der Waals surface area contributed by atoms with E-state index in [-0.39, 0.29) is 11.9 Å². The van der Waals surface area contributed by atoms with E-state index in [9.17, 15) is 4.79 Å². The third kappa shape index (κ3) is 1.80. The zero-order chi connectivity index (χ0) is 14.7. The molecule has 21 heavy (non-hydrogen) atoms. The van der Waals surface area contributed by atoms with Crippen LogP contribution in [0.3, 0.4) is 0 Å². The maximum atomic E-state index is 12.5. The van der Waals surface area contributed by atoms with Gasteiger partial charge in [0.05, 0.1) is 12.2 Å². The van der Waals surface area contributed by atoms with Gasteiger partial charge in [0.2, 0.25) is 11.7 Å². The summed E-state index contributed by atoms with van der Waals surface area (Å²) in [6.07, 6.45) is 2.19. The van der Waals surface area contributed by atoms with E-state index in [0.717, 1.165) is 24.4 Å². The minimum Gasteiger partial charge on any atom is -0.437 e. The third-order valence-corrected chi connectivity index (χ3v) is 4.20. The molecule has 1 saturated carbocycles. The Morgan fingerprint density at radius 3 is 2.62 bits per heavy atom. The molecule has 0 saturated heterocycles. The van der Waals surface area contributed by atoms with Crippen molar-refractivity contribution >= 4 is 5.91 Å². The average molecular weight is 287 g/mol. The highest BCUT2D eigenvalue weighted by molar-refractivity contribution is 5.82. The molecule has 0 radical (unpaired) electrons. The maximum absolute atomic E-state index is 12.5. The number of nitrogens with zero attached hydrogens (tertiary/aromatic N) is 5. The molecule has 1 amide bonds. The molecule has 0 N–H and O–H groups in total. The molecule has 7 nitrogen and oxygen atoms in total. The summed E-state index contributed by atoms with van der Waals surface area (Å²) in [6.45, 7) is 6.10. The van der Waals surface area contributed by atoms with Crippen molar-refractivity contribution in [3.05, 3.63) is 17.4 Å². The first-order valence-electron chi connectivity index (χ1n) is 7.25. The molecule has 4 rings (SSSR count). The molecule has 110 valence electrons. The van der Waals surface area contributed by atoms with Crippen LogP contribution in [0, 0.1) is 13.8 Å². The van der Waals surface area contributed by atoms with Gasteiger partial charge in [-0.3, -0.25) is 9.36 Å². The quantitative estimate of drug-likeness (QED) is 0.838. The van der Waals surface area contributed by atoms with Crippen LogP contribution in [0.15, 0.2) is 4.42 Å². The minimum absolute atomic E-state index is 0.139. The summed E-state index contributed by atoms with van der Waals surface area (Å²) in [6, 6.07) is 0.0901. The Labute approximate surface area is 122 Å². The number of rotatable bonds is 2. The summed E-state index contributed by atoms with van der Waals surface area (Å²) in [7, 11) is 0. The molecule has 0 spiro atoms. The molecule has 7 heteroatoms. The van der Waals surface area contributed by atoms with E-state index < -0.39 is 0 Å². The van der Waals surface area contributed by atoms with Crippen molar-refractivity contribution in [2.24, 2.45) is 0 Å². The molecule has 2 aliphatic rings. The van der Waals surface area contributed by atoms with Crippen LogP contribution in [-0.2, 0) is 11.3 Å². The molecule has 1 aliphatic carbocycles. The second-order valence-corrected chi connectivity index (χ2v) is 5.83. The normalized spacial score (nSPS) is 21.8. The van der Waals surface area contributed by atoms with Crippen molar-refractivity contribution in [2.75, 3.05) is 0 Å². The van der Waals surface area contributed by atoms with Gasteiger partial charge in [-0.1, -0.05) is 0 Å². The number of aryl methyl sites for hydroxylation is 2. The molecule has 0 bridgehead atoms. The van der Waals surface area contributed by atoms with Gasteiger partial charge in [-0.2, -0.15) is 0 Å². The summed E-state index contributed by atoms with van der Waals surface area (Å²) < 4.78 is 7.52. The van der Waals surface area contributed by atoms with Crippen molar-refractivity contribution < 1.29 is 9.21 Å². The van der Waals surface area contributed by atoms with E-state index in [1.54, 1.807) is 6.92 Å². The molecule has 2 aromatic rings. The standard InChI is InChI=1S/C14H17N5O2/c1-7-12(21-9(3)15-7)13-17-16-11-6-18(10-4-5-10)14(20)8(2)19(11)13/h8,10H,4-6H2,1-3H3. The summed E-state index contributed by atoms with van der Waals surface area (Å²) in [5, 5.41) is 8.50. The molecule has 2 aromatic heterocycles. The Bertz CT molecular complexity index is 728. The van der Waals surface area contributed by atoms with E-state index in [0.29, 0.717) is 30.1 Å². The average Bonchev–Trinajstić information content (AvgIpc) is 3.11. The van der Waals surface area contributed by atoms with Crippen LogP contribution in [0.5, 0.6) is 0 Å². The lowest BCUT2D eigenvalue weighted by Crippen LogP contribution is -2.43. The number of aromatic nitrogens is 4. The Hall–Kier alpha value is -2.18. The Kier molecular flexibility index (Phi) is 2.49. The largest absolute Gasteiger partial charge is 0.437 e. The van der Waals surface area contributed by atoms with E-state index in [4.69, 9.17) is 4.42 Å². The molecule has 1 atom stereocenters. The van der Waals surface area contributed by atoms with Gasteiger partial charge in [-0.15, -0.1) is 10.2 Å². The lowest BCUT2D eigenvalue weighted by Gasteiger charge is -2.31. The van der Waals surface area contributed by atoms with Crippen LogP contribution in [0.1, 0.15) is 43.2 Å². The number of hydrogen-bond donors (Lipinski definition) is 0. The third-order valence-electron chi connectivity index (χ3n) is 4.20. The smallest absolute Gasteiger partial charge is 0.246 e. The molecule has 1 unspecified atom stereocenters. The van der Waals surface area contributed by atoms with Gasteiger partial charge in [0.25, 0.3) is 0 Å². The van der Waals surface area contributed by atoms with Crippen molar-refractivity contribution in [1.29, 1.82) is 0 Å². The van der Waals surface area contributed by atoms with Gasteiger partial charge in [0.1, 0.15) is 6.04 Å². The summed E-state index contributed by atoms with van der Waals surface area (Å²) in [5.74, 6) is 2.75. The van der Waals surface area contributed by atoms with Crippen LogP contribution in [0.2, 0.25) is 0 Å². The van der Waals surface area contributed by atoms with Crippen molar-refractivity contribution in [3.63, 3.8) is 0 Å². The summed E-state index contributed by atoms with van der Waals surface area (Å²) in [5.41, 5.74) is 0.770. The van der Waals surface area contributed by atoms with E-state index >= 15 is 0 Å². The minimum atomic E-state index is -0.302. The van der Waals surface area contributed by atoms with Gasteiger partial charge in [0.15, 0.2) is 17.5 Å². The predicted octanol–water partition coefficient (Wildman–Crippen LogP) is 1.62. The number of carbonyl (C=O) groups is 1. The van der Waals surface area contributed by atoms with Crippen LogP contribution in [0.4, 0.5) is 0 Å². The second-order valence-electron chi connectivity index (χ2n) is 5.83. The van der Waals surface area contributed by atoms with Crippen LogP contribution in [0.25, 0.3) is 11.6 Å². The molecular formula is C14H17N5O2. The zero-order valence-corrected chi connectivity index (χ0v) is 12.3. The Balaban J connectivity index is 1.80. The van der Waals surface area contributed by atoms with Crippen molar-refractivity contribution in [3.8, 4) is 11.6 Å². The van der Waals surface area contributed by atoms with Crippen LogP contribution < -0.4 is 0 Å². The maximum Gasteiger partial charge on any atom is 0.246 e. The first-order chi connectivity index (χ1) is 10.1. The molecule has 0 aromatic carbocycles. The highest BCUT2D eigenvalue weighted by Crippen LogP contribution is 2.35. The topological polar surface area (TPSA) is 77.1 Å². The van der Waals surface area contributed by atoms with Gasteiger partial charge >= 0.3 is 0 Å². The lowest BCUT2D eigenvalue weighted by atomic mass is 10.2. The fourth-order valence-electron chi connectivity index (χ4n) is 3.01. The van der Waals surface area contributed by atoms with Gasteiger partial charge in [0, 0.05) is 13.0 Å².